The molecule has 2 aromatic carbocycles. The van der Waals surface area contributed by atoms with Crippen LogP contribution in [0.25, 0.3) is 0 Å². The second kappa shape index (κ2) is 6.99. The van der Waals surface area contributed by atoms with E-state index in [1.807, 2.05) is 0 Å². The summed E-state index contributed by atoms with van der Waals surface area (Å²) < 4.78 is 13.3. The molecule has 0 aromatic heterocycles. The molecule has 0 atom stereocenters. The summed E-state index contributed by atoms with van der Waals surface area (Å²) in [6.45, 7) is 0.00978. The van der Waals surface area contributed by atoms with Gasteiger partial charge in [-0.1, -0.05) is 30.0 Å². The van der Waals surface area contributed by atoms with E-state index in [9.17, 15) is 19.3 Å². The molecule has 0 aliphatic heterocycles. The largest absolute Gasteiger partial charge is 0.341 e. The highest BCUT2D eigenvalue weighted by molar-refractivity contribution is 5.94. The zero-order valence-corrected chi connectivity index (χ0v) is 11.4. The number of rotatable bonds is 3. The molecule has 0 spiro atoms. The summed E-state index contributed by atoms with van der Waals surface area (Å²) in [6, 6.07) is 11.4. The first-order valence-electron chi connectivity index (χ1n) is 6.34. The Morgan fingerprint density at radius 1 is 1.23 bits per heavy atom. The molecule has 0 saturated heterocycles. The molecule has 2 aromatic rings. The summed E-state index contributed by atoms with van der Waals surface area (Å²) in [5, 5.41) is 13.1. The van der Waals surface area contributed by atoms with E-state index in [0.717, 1.165) is 0 Å². The van der Waals surface area contributed by atoms with Crippen LogP contribution in [0.1, 0.15) is 15.9 Å². The number of nitro groups is 1. The first-order valence-corrected chi connectivity index (χ1v) is 6.34. The van der Waals surface area contributed by atoms with Crippen LogP contribution in [0.2, 0.25) is 0 Å². The molecule has 110 valence electrons. The fourth-order valence-electron chi connectivity index (χ4n) is 1.69. The molecule has 0 bridgehead atoms. The summed E-state index contributed by atoms with van der Waals surface area (Å²) in [6.07, 6.45) is 0. The summed E-state index contributed by atoms with van der Waals surface area (Å²) >= 11 is 0. The van der Waals surface area contributed by atoms with Crippen LogP contribution in [0.15, 0.2) is 48.5 Å². The number of amides is 1. The molecule has 1 amide bonds. The number of nitro benzene ring substituents is 1. The van der Waals surface area contributed by atoms with Gasteiger partial charge in [0.2, 0.25) is 0 Å². The van der Waals surface area contributed by atoms with Gasteiger partial charge in [-0.05, 0) is 18.2 Å². The third-order valence-electron chi connectivity index (χ3n) is 2.75. The van der Waals surface area contributed by atoms with E-state index in [4.69, 9.17) is 0 Å². The Hall–Kier alpha value is -3.20. The Bertz CT molecular complexity index is 778. The summed E-state index contributed by atoms with van der Waals surface area (Å²) in [5.74, 6) is 4.32. The molecular formula is C16H11FN2O3. The minimum atomic E-state index is -0.575. The van der Waals surface area contributed by atoms with Crippen LogP contribution in [-0.4, -0.2) is 17.4 Å². The lowest BCUT2D eigenvalue weighted by atomic mass is 10.2. The van der Waals surface area contributed by atoms with Gasteiger partial charge in [-0.2, -0.15) is 0 Å². The number of hydrogen-bond donors (Lipinski definition) is 1. The van der Waals surface area contributed by atoms with Crippen LogP contribution in [0, 0.1) is 27.8 Å². The van der Waals surface area contributed by atoms with E-state index in [1.54, 1.807) is 12.1 Å². The quantitative estimate of drug-likeness (QED) is 0.537. The van der Waals surface area contributed by atoms with Crippen molar-refractivity contribution < 1.29 is 14.1 Å². The normalized spacial score (nSPS) is 9.50. The van der Waals surface area contributed by atoms with Crippen molar-refractivity contribution in [3.63, 3.8) is 0 Å². The molecule has 0 fully saturated rings. The maximum Gasteiger partial charge on any atom is 0.270 e. The molecule has 0 aliphatic carbocycles. The lowest BCUT2D eigenvalue weighted by Gasteiger charge is -2.01. The van der Waals surface area contributed by atoms with E-state index in [2.05, 4.69) is 17.2 Å². The Morgan fingerprint density at radius 2 is 2.00 bits per heavy atom. The first-order chi connectivity index (χ1) is 10.6. The van der Waals surface area contributed by atoms with Gasteiger partial charge in [0.05, 0.1) is 17.0 Å². The van der Waals surface area contributed by atoms with E-state index >= 15 is 0 Å². The highest BCUT2D eigenvalue weighted by atomic mass is 19.1. The fraction of sp³-hybridized carbons (Fsp3) is 0.0625. The van der Waals surface area contributed by atoms with Crippen LogP contribution in [0.4, 0.5) is 10.1 Å². The minimum absolute atomic E-state index is 0.00978. The zero-order valence-electron chi connectivity index (χ0n) is 11.4. The summed E-state index contributed by atoms with van der Waals surface area (Å²) in [7, 11) is 0. The molecule has 0 aliphatic rings. The fourth-order valence-corrected chi connectivity index (χ4v) is 1.69. The number of nitrogens with one attached hydrogen (secondary N) is 1. The number of hydrogen-bond acceptors (Lipinski definition) is 3. The van der Waals surface area contributed by atoms with Gasteiger partial charge >= 0.3 is 0 Å². The zero-order chi connectivity index (χ0) is 15.9. The van der Waals surface area contributed by atoms with Crippen LogP contribution in [0.5, 0.6) is 0 Å². The topological polar surface area (TPSA) is 72.2 Å². The second-order valence-corrected chi connectivity index (χ2v) is 4.27. The van der Waals surface area contributed by atoms with Crippen molar-refractivity contribution in [1.82, 2.24) is 5.32 Å². The monoisotopic (exact) mass is 298 g/mol. The Labute approximate surface area is 125 Å². The van der Waals surface area contributed by atoms with Gasteiger partial charge < -0.3 is 5.32 Å². The molecular weight excluding hydrogens is 287 g/mol. The van der Waals surface area contributed by atoms with Crippen LogP contribution in [0.3, 0.4) is 0 Å². The highest BCUT2D eigenvalue weighted by Gasteiger charge is 2.10. The molecule has 5 nitrogen and oxygen atoms in total. The van der Waals surface area contributed by atoms with Gasteiger partial charge in [0.15, 0.2) is 0 Å². The lowest BCUT2D eigenvalue weighted by molar-refractivity contribution is -0.384. The highest BCUT2D eigenvalue weighted by Crippen LogP contribution is 2.12. The number of halogens is 1. The summed E-state index contributed by atoms with van der Waals surface area (Å²) in [5.41, 5.74) is 0.249. The Kier molecular flexibility index (Phi) is 4.83. The number of nitrogens with zero attached hydrogens (tertiary/aromatic N) is 1. The van der Waals surface area contributed by atoms with Crippen molar-refractivity contribution in [3.05, 3.63) is 75.6 Å². The van der Waals surface area contributed by atoms with E-state index in [0.29, 0.717) is 0 Å². The molecule has 22 heavy (non-hydrogen) atoms. The molecule has 1 N–H and O–H groups in total. The van der Waals surface area contributed by atoms with Gasteiger partial charge in [-0.15, -0.1) is 0 Å². The minimum Gasteiger partial charge on any atom is -0.341 e. The van der Waals surface area contributed by atoms with Crippen molar-refractivity contribution in [1.29, 1.82) is 0 Å². The van der Waals surface area contributed by atoms with Crippen molar-refractivity contribution in [2.45, 2.75) is 0 Å². The maximum absolute atomic E-state index is 13.3. The first kappa shape index (κ1) is 15.2. The molecule has 6 heteroatoms. The average Bonchev–Trinajstić information content (AvgIpc) is 2.53. The average molecular weight is 298 g/mol. The molecule has 0 unspecified atom stereocenters. The number of benzene rings is 2. The van der Waals surface area contributed by atoms with Gasteiger partial charge in [0, 0.05) is 17.7 Å². The Balaban J connectivity index is 1.98. The maximum atomic E-state index is 13.3. The number of carbonyl (C=O) groups excluding carboxylic acids is 1. The van der Waals surface area contributed by atoms with Gasteiger partial charge in [-0.25, -0.2) is 4.39 Å². The van der Waals surface area contributed by atoms with Gasteiger partial charge in [-0.3, -0.25) is 14.9 Å². The third kappa shape index (κ3) is 3.90. The van der Waals surface area contributed by atoms with Gasteiger partial charge in [0.25, 0.3) is 11.6 Å². The second-order valence-electron chi connectivity index (χ2n) is 4.27. The Morgan fingerprint density at radius 3 is 2.73 bits per heavy atom. The van der Waals surface area contributed by atoms with E-state index in [1.165, 1.54) is 36.4 Å². The third-order valence-corrected chi connectivity index (χ3v) is 2.75. The van der Waals surface area contributed by atoms with E-state index in [-0.39, 0.29) is 23.4 Å². The predicted molar refractivity (Wildman–Crippen MR) is 78.7 cm³/mol. The number of carbonyl (C=O) groups is 1. The molecule has 0 saturated carbocycles. The lowest BCUT2D eigenvalue weighted by Crippen LogP contribution is -2.23. The van der Waals surface area contributed by atoms with Crippen molar-refractivity contribution >= 4 is 11.6 Å². The number of non-ortho nitro benzene ring substituents is 1. The van der Waals surface area contributed by atoms with Crippen LogP contribution in [-0.2, 0) is 0 Å². The smallest absolute Gasteiger partial charge is 0.270 e. The van der Waals surface area contributed by atoms with Crippen molar-refractivity contribution in [3.8, 4) is 11.8 Å². The standard InChI is InChI=1S/C16H11FN2O3/c17-15-9-2-1-5-12(15)7-4-10-18-16(20)13-6-3-8-14(11-13)19(21)22/h1-3,5-6,8-9,11H,10H2,(H,18,20). The molecule has 0 heterocycles. The van der Waals surface area contributed by atoms with Gasteiger partial charge in [0.1, 0.15) is 5.82 Å². The summed E-state index contributed by atoms with van der Waals surface area (Å²) in [4.78, 5) is 21.9. The predicted octanol–water partition coefficient (Wildman–Crippen LogP) is 2.52. The van der Waals surface area contributed by atoms with Crippen LogP contribution >= 0.6 is 0 Å². The van der Waals surface area contributed by atoms with Crippen LogP contribution < -0.4 is 5.32 Å². The molecule has 0 radical (unpaired) electrons. The molecule has 2 rings (SSSR count). The van der Waals surface area contributed by atoms with Crippen molar-refractivity contribution in [2.75, 3.05) is 6.54 Å². The van der Waals surface area contributed by atoms with Crippen molar-refractivity contribution in [2.24, 2.45) is 0 Å². The SMILES string of the molecule is O=C(NCC#Cc1ccccc1F)c1cccc([N+](=O)[O-])c1. The van der Waals surface area contributed by atoms with E-state index < -0.39 is 16.6 Å².